The Morgan fingerprint density at radius 2 is 2.57 bits per heavy atom. The van der Waals surface area contributed by atoms with Gasteiger partial charge in [0.1, 0.15) is 6.33 Å². The average Bonchev–Trinajstić information content (AvgIpc) is 2.74. The molecule has 1 aliphatic rings. The van der Waals surface area contributed by atoms with Crippen molar-refractivity contribution in [3.63, 3.8) is 0 Å². The molecule has 0 radical (unpaired) electrons. The van der Waals surface area contributed by atoms with Crippen molar-refractivity contribution < 1.29 is 0 Å². The minimum Gasteiger partial charge on any atom is -0.302 e. The Hall–Kier alpha value is -0.680. The van der Waals surface area contributed by atoms with Crippen molar-refractivity contribution in [2.75, 3.05) is 19.6 Å². The molecule has 1 aliphatic heterocycles. The topological polar surface area (TPSA) is 36.9 Å². The van der Waals surface area contributed by atoms with Crippen LogP contribution >= 0.6 is 12.2 Å². The molecule has 0 aromatic carbocycles. The Balaban J connectivity index is 2.02. The summed E-state index contributed by atoms with van der Waals surface area (Å²) in [6, 6.07) is 0.521. The van der Waals surface area contributed by atoms with Crippen molar-refractivity contribution in [1.82, 2.24) is 19.7 Å². The van der Waals surface area contributed by atoms with E-state index in [9.17, 15) is 0 Å². The van der Waals surface area contributed by atoms with Crippen molar-refractivity contribution in [3.8, 4) is 0 Å². The lowest BCUT2D eigenvalue weighted by atomic mass is 10.3. The van der Waals surface area contributed by atoms with Crippen LogP contribution in [0.4, 0.5) is 0 Å². The van der Waals surface area contributed by atoms with E-state index < -0.39 is 0 Å². The van der Waals surface area contributed by atoms with E-state index in [1.54, 1.807) is 0 Å². The zero-order valence-electron chi connectivity index (χ0n) is 8.44. The molecule has 78 valence electrons. The van der Waals surface area contributed by atoms with Gasteiger partial charge in [-0.25, -0.2) is 0 Å². The van der Waals surface area contributed by atoms with E-state index in [1.807, 2.05) is 6.33 Å². The van der Waals surface area contributed by atoms with Gasteiger partial charge in [0.25, 0.3) is 0 Å². The van der Waals surface area contributed by atoms with Crippen LogP contribution < -0.4 is 0 Å². The van der Waals surface area contributed by atoms with Crippen LogP contribution in [0.1, 0.15) is 25.8 Å². The molecule has 1 N–H and O–H groups in total. The normalized spacial score (nSPS) is 23.1. The predicted octanol–water partition coefficient (Wildman–Crippen LogP) is 1.60. The summed E-state index contributed by atoms with van der Waals surface area (Å²) in [6.07, 6.45) is 4.22. The van der Waals surface area contributed by atoms with Crippen molar-refractivity contribution in [1.29, 1.82) is 0 Å². The number of nitrogens with one attached hydrogen (secondary N) is 1. The van der Waals surface area contributed by atoms with Crippen molar-refractivity contribution >= 4 is 12.2 Å². The fourth-order valence-electron chi connectivity index (χ4n) is 2.08. The van der Waals surface area contributed by atoms with Crippen LogP contribution in [-0.4, -0.2) is 39.3 Å². The molecule has 4 nitrogen and oxygen atoms in total. The van der Waals surface area contributed by atoms with Crippen LogP contribution in [0.5, 0.6) is 0 Å². The molecule has 0 spiro atoms. The second-order valence-electron chi connectivity index (χ2n) is 3.81. The third-order valence-corrected chi connectivity index (χ3v) is 3.06. The van der Waals surface area contributed by atoms with E-state index in [4.69, 9.17) is 12.2 Å². The van der Waals surface area contributed by atoms with E-state index in [-0.39, 0.29) is 0 Å². The molecule has 1 atom stereocenters. The highest BCUT2D eigenvalue weighted by molar-refractivity contribution is 7.71. The third kappa shape index (κ3) is 1.88. The minimum absolute atomic E-state index is 0.521. The number of nitrogens with zero attached hydrogens (tertiary/aromatic N) is 3. The summed E-state index contributed by atoms with van der Waals surface area (Å²) in [6.45, 7) is 5.71. The number of rotatable bonds is 3. The Morgan fingerprint density at radius 1 is 1.71 bits per heavy atom. The molecule has 1 saturated heterocycles. The maximum atomic E-state index is 5.15. The summed E-state index contributed by atoms with van der Waals surface area (Å²) < 4.78 is 2.82. The summed E-state index contributed by atoms with van der Waals surface area (Å²) in [5, 5.41) is 6.75. The highest BCUT2D eigenvalue weighted by Gasteiger charge is 2.23. The van der Waals surface area contributed by atoms with Gasteiger partial charge in [0.2, 0.25) is 0 Å². The van der Waals surface area contributed by atoms with Crippen LogP contribution in [0.15, 0.2) is 6.33 Å². The van der Waals surface area contributed by atoms with Gasteiger partial charge in [-0.05, 0) is 31.6 Å². The monoisotopic (exact) mass is 212 g/mol. The first kappa shape index (κ1) is 9.86. The zero-order chi connectivity index (χ0) is 9.97. The van der Waals surface area contributed by atoms with Crippen LogP contribution in [0.2, 0.25) is 0 Å². The molecule has 1 aromatic heterocycles. The van der Waals surface area contributed by atoms with Gasteiger partial charge in [0.15, 0.2) is 4.77 Å². The average molecular weight is 212 g/mol. The molecule has 1 unspecified atom stereocenters. The Labute approximate surface area is 88.9 Å². The molecule has 14 heavy (non-hydrogen) atoms. The molecular formula is C9H16N4S. The van der Waals surface area contributed by atoms with Crippen LogP contribution in [0.25, 0.3) is 0 Å². The predicted molar refractivity (Wildman–Crippen MR) is 57.8 cm³/mol. The van der Waals surface area contributed by atoms with Gasteiger partial charge in [-0.2, -0.15) is 5.10 Å². The molecule has 2 rings (SSSR count). The molecular weight excluding hydrogens is 196 g/mol. The molecule has 0 amide bonds. The zero-order valence-corrected chi connectivity index (χ0v) is 9.26. The number of hydrogen-bond donors (Lipinski definition) is 1. The number of H-pyrrole nitrogens is 1. The number of aromatic nitrogens is 3. The van der Waals surface area contributed by atoms with E-state index in [2.05, 4.69) is 26.6 Å². The van der Waals surface area contributed by atoms with E-state index in [0.717, 1.165) is 11.3 Å². The first-order chi connectivity index (χ1) is 6.81. The van der Waals surface area contributed by atoms with E-state index in [0.29, 0.717) is 6.04 Å². The molecule has 2 heterocycles. The lowest BCUT2D eigenvalue weighted by molar-refractivity contribution is 0.324. The van der Waals surface area contributed by atoms with Gasteiger partial charge in [0.05, 0.1) is 6.04 Å². The maximum absolute atomic E-state index is 5.15. The fourth-order valence-corrected chi connectivity index (χ4v) is 2.32. The van der Waals surface area contributed by atoms with E-state index in [1.165, 1.54) is 25.9 Å². The largest absolute Gasteiger partial charge is 0.302 e. The SMILES string of the molecule is CCCN1CCC(n2cn[nH]c2=S)C1. The summed E-state index contributed by atoms with van der Waals surface area (Å²) in [4.78, 5) is 2.49. The van der Waals surface area contributed by atoms with Crippen molar-refractivity contribution in [2.24, 2.45) is 0 Å². The second-order valence-corrected chi connectivity index (χ2v) is 4.20. The molecule has 0 aliphatic carbocycles. The first-order valence-electron chi connectivity index (χ1n) is 5.15. The van der Waals surface area contributed by atoms with Gasteiger partial charge in [-0.3, -0.25) is 5.10 Å². The van der Waals surface area contributed by atoms with Gasteiger partial charge >= 0.3 is 0 Å². The van der Waals surface area contributed by atoms with Crippen LogP contribution in [0, 0.1) is 4.77 Å². The maximum Gasteiger partial charge on any atom is 0.195 e. The molecule has 0 saturated carbocycles. The lowest BCUT2D eigenvalue weighted by Crippen LogP contribution is -2.22. The second kappa shape index (κ2) is 4.23. The summed E-state index contributed by atoms with van der Waals surface area (Å²) in [5.41, 5.74) is 0. The standard InChI is InChI=1S/C9H16N4S/c1-2-4-12-5-3-8(6-12)13-7-10-11-9(13)14/h7-8H,2-6H2,1H3,(H,11,14). The number of hydrogen-bond acceptors (Lipinski definition) is 3. The Morgan fingerprint density at radius 3 is 3.21 bits per heavy atom. The van der Waals surface area contributed by atoms with E-state index >= 15 is 0 Å². The molecule has 5 heteroatoms. The van der Waals surface area contributed by atoms with Gasteiger partial charge in [-0.1, -0.05) is 6.92 Å². The molecule has 1 aromatic rings. The summed E-state index contributed by atoms with van der Waals surface area (Å²) >= 11 is 5.15. The Bertz CT molecular complexity index is 343. The van der Waals surface area contributed by atoms with Crippen LogP contribution in [0.3, 0.4) is 0 Å². The minimum atomic E-state index is 0.521. The summed E-state index contributed by atoms with van der Waals surface area (Å²) in [7, 11) is 0. The Kier molecular flexibility index (Phi) is 2.98. The number of aromatic amines is 1. The van der Waals surface area contributed by atoms with Gasteiger partial charge in [0, 0.05) is 13.1 Å². The highest BCUT2D eigenvalue weighted by atomic mass is 32.1. The smallest absolute Gasteiger partial charge is 0.195 e. The van der Waals surface area contributed by atoms with Crippen molar-refractivity contribution in [3.05, 3.63) is 11.1 Å². The summed E-state index contributed by atoms with van der Waals surface area (Å²) in [5.74, 6) is 0. The van der Waals surface area contributed by atoms with Gasteiger partial charge in [-0.15, -0.1) is 0 Å². The number of likely N-dealkylation sites (tertiary alicyclic amines) is 1. The molecule has 1 fully saturated rings. The third-order valence-electron chi connectivity index (χ3n) is 2.76. The van der Waals surface area contributed by atoms with Crippen molar-refractivity contribution in [2.45, 2.75) is 25.8 Å². The fraction of sp³-hybridized carbons (Fsp3) is 0.778. The highest BCUT2D eigenvalue weighted by Crippen LogP contribution is 2.21. The lowest BCUT2D eigenvalue weighted by Gasteiger charge is -2.14. The first-order valence-corrected chi connectivity index (χ1v) is 5.56. The van der Waals surface area contributed by atoms with Gasteiger partial charge < -0.3 is 9.47 Å². The molecule has 0 bridgehead atoms. The van der Waals surface area contributed by atoms with Crippen LogP contribution in [-0.2, 0) is 0 Å². The quantitative estimate of drug-likeness (QED) is 0.773.